The first kappa shape index (κ1) is 24.2. The van der Waals surface area contributed by atoms with Crippen LogP contribution >= 0.6 is 24.0 Å². The van der Waals surface area contributed by atoms with Crippen LogP contribution in [0.4, 0.5) is 0 Å². The van der Waals surface area contributed by atoms with Crippen LogP contribution in [-0.4, -0.2) is 48.7 Å². The third-order valence-electron chi connectivity index (χ3n) is 5.10. The largest absolute Gasteiger partial charge is 0.359 e. The van der Waals surface area contributed by atoms with Crippen molar-refractivity contribution in [1.82, 2.24) is 20.7 Å². The highest BCUT2D eigenvalue weighted by Crippen LogP contribution is 2.22. The maximum Gasteiger partial charge on any atom is 0.191 e. The number of aliphatic imine (C=N–C) groups is 1. The van der Waals surface area contributed by atoms with E-state index in [4.69, 9.17) is 4.52 Å². The van der Waals surface area contributed by atoms with Crippen LogP contribution in [0, 0.1) is 5.92 Å². The summed E-state index contributed by atoms with van der Waals surface area (Å²) in [5, 5.41) is 11.0. The lowest BCUT2D eigenvalue weighted by Crippen LogP contribution is -2.41. The van der Waals surface area contributed by atoms with Gasteiger partial charge in [-0.1, -0.05) is 25.9 Å². The minimum atomic E-state index is 0. The SMILES string of the molecule is CCNC(=NCc1cc(C(CC)CC)no1)NCC(C)CN1CCCC1.I. The van der Waals surface area contributed by atoms with Crippen LogP contribution in [0.3, 0.4) is 0 Å². The first-order valence-corrected chi connectivity index (χ1v) is 10.4. The topological polar surface area (TPSA) is 65.7 Å². The fourth-order valence-electron chi connectivity index (χ4n) is 3.54. The summed E-state index contributed by atoms with van der Waals surface area (Å²) in [6, 6.07) is 2.06. The number of nitrogens with zero attached hydrogens (tertiary/aromatic N) is 3. The van der Waals surface area contributed by atoms with Crippen molar-refractivity contribution in [3.63, 3.8) is 0 Å². The molecule has 0 saturated carbocycles. The second-order valence-electron chi connectivity index (χ2n) is 7.42. The molecular weight excluding hydrogens is 453 g/mol. The van der Waals surface area contributed by atoms with E-state index in [1.165, 1.54) is 25.9 Å². The maximum atomic E-state index is 5.47. The normalized spacial score (nSPS) is 16.4. The predicted molar refractivity (Wildman–Crippen MR) is 123 cm³/mol. The van der Waals surface area contributed by atoms with Crippen LogP contribution in [0.25, 0.3) is 0 Å². The molecule has 1 fully saturated rings. The molecule has 2 heterocycles. The second-order valence-corrected chi connectivity index (χ2v) is 7.42. The zero-order valence-electron chi connectivity index (χ0n) is 17.5. The number of halogens is 1. The fourth-order valence-corrected chi connectivity index (χ4v) is 3.54. The Morgan fingerprint density at radius 3 is 2.56 bits per heavy atom. The Labute approximate surface area is 181 Å². The van der Waals surface area contributed by atoms with Crippen LogP contribution in [-0.2, 0) is 6.54 Å². The van der Waals surface area contributed by atoms with Crippen molar-refractivity contribution >= 4 is 29.9 Å². The number of hydrogen-bond donors (Lipinski definition) is 2. The van der Waals surface area contributed by atoms with Gasteiger partial charge in [0.05, 0.1) is 5.69 Å². The Hall–Kier alpha value is -0.830. The minimum Gasteiger partial charge on any atom is -0.359 e. The fraction of sp³-hybridized carbons (Fsp3) is 0.800. The molecule has 27 heavy (non-hydrogen) atoms. The first-order chi connectivity index (χ1) is 12.7. The van der Waals surface area contributed by atoms with Gasteiger partial charge in [0, 0.05) is 31.6 Å². The highest BCUT2D eigenvalue weighted by atomic mass is 127. The van der Waals surface area contributed by atoms with Crippen molar-refractivity contribution in [1.29, 1.82) is 0 Å². The van der Waals surface area contributed by atoms with Gasteiger partial charge in [-0.15, -0.1) is 24.0 Å². The van der Waals surface area contributed by atoms with Gasteiger partial charge in [0.2, 0.25) is 0 Å². The van der Waals surface area contributed by atoms with Crippen molar-refractivity contribution < 1.29 is 4.52 Å². The smallest absolute Gasteiger partial charge is 0.191 e. The van der Waals surface area contributed by atoms with Crippen molar-refractivity contribution in [2.24, 2.45) is 10.9 Å². The molecule has 0 spiro atoms. The van der Waals surface area contributed by atoms with Gasteiger partial charge in [-0.3, -0.25) is 0 Å². The van der Waals surface area contributed by atoms with E-state index in [0.717, 1.165) is 49.9 Å². The molecule has 2 rings (SSSR count). The summed E-state index contributed by atoms with van der Waals surface area (Å²) in [4.78, 5) is 7.22. The monoisotopic (exact) mass is 491 g/mol. The summed E-state index contributed by atoms with van der Waals surface area (Å²) >= 11 is 0. The maximum absolute atomic E-state index is 5.47. The van der Waals surface area contributed by atoms with E-state index in [9.17, 15) is 0 Å². The third kappa shape index (κ3) is 8.37. The quantitative estimate of drug-likeness (QED) is 0.295. The Kier molecular flexibility index (Phi) is 12.0. The van der Waals surface area contributed by atoms with E-state index in [2.05, 4.69) is 59.4 Å². The molecule has 156 valence electrons. The van der Waals surface area contributed by atoms with E-state index < -0.39 is 0 Å². The summed E-state index contributed by atoms with van der Waals surface area (Å²) in [5.74, 6) is 2.76. The van der Waals surface area contributed by atoms with E-state index in [1.807, 2.05) is 0 Å². The first-order valence-electron chi connectivity index (χ1n) is 10.4. The van der Waals surface area contributed by atoms with Crippen molar-refractivity contribution in [3.8, 4) is 0 Å². The minimum absolute atomic E-state index is 0. The van der Waals surface area contributed by atoms with Gasteiger partial charge in [-0.2, -0.15) is 0 Å². The number of aromatic nitrogens is 1. The molecule has 6 nitrogen and oxygen atoms in total. The van der Waals surface area contributed by atoms with Crippen molar-refractivity contribution in [3.05, 3.63) is 17.5 Å². The lowest BCUT2D eigenvalue weighted by Gasteiger charge is -2.21. The molecule has 0 bridgehead atoms. The number of rotatable bonds is 10. The predicted octanol–water partition coefficient (Wildman–Crippen LogP) is 3.98. The summed E-state index contributed by atoms with van der Waals surface area (Å²) in [5.41, 5.74) is 1.05. The average molecular weight is 491 g/mol. The second kappa shape index (κ2) is 13.4. The van der Waals surface area contributed by atoms with E-state index in [1.54, 1.807) is 0 Å². The Bertz CT molecular complexity index is 538. The zero-order valence-corrected chi connectivity index (χ0v) is 19.8. The highest BCUT2D eigenvalue weighted by Gasteiger charge is 2.15. The lowest BCUT2D eigenvalue weighted by atomic mass is 9.99. The van der Waals surface area contributed by atoms with Crippen LogP contribution in [0.1, 0.15) is 70.8 Å². The van der Waals surface area contributed by atoms with Crippen LogP contribution in [0.2, 0.25) is 0 Å². The van der Waals surface area contributed by atoms with Gasteiger partial charge in [-0.25, -0.2) is 4.99 Å². The van der Waals surface area contributed by atoms with Gasteiger partial charge in [-0.05, 0) is 51.6 Å². The molecule has 0 aromatic carbocycles. The van der Waals surface area contributed by atoms with Crippen LogP contribution < -0.4 is 10.6 Å². The van der Waals surface area contributed by atoms with Gasteiger partial charge in [0.15, 0.2) is 11.7 Å². The highest BCUT2D eigenvalue weighted by molar-refractivity contribution is 14.0. The van der Waals surface area contributed by atoms with Gasteiger partial charge in [0.1, 0.15) is 6.54 Å². The van der Waals surface area contributed by atoms with Crippen molar-refractivity contribution in [2.45, 2.75) is 65.8 Å². The molecule has 7 heteroatoms. The number of guanidine groups is 1. The number of nitrogens with one attached hydrogen (secondary N) is 2. The Morgan fingerprint density at radius 2 is 1.93 bits per heavy atom. The standard InChI is InChI=1S/C20H37N5O.HI/c1-5-17(6-2)19-12-18(26-24-19)14-23-20(21-7-3)22-13-16(4)15-25-10-8-9-11-25;/h12,16-17H,5-11,13-15H2,1-4H3,(H2,21,22,23);1H. The molecular formula is C20H38IN5O. The Morgan fingerprint density at radius 1 is 1.22 bits per heavy atom. The van der Waals surface area contributed by atoms with E-state index in [0.29, 0.717) is 18.4 Å². The van der Waals surface area contributed by atoms with Crippen LogP contribution in [0.15, 0.2) is 15.6 Å². The molecule has 0 aliphatic carbocycles. The average Bonchev–Trinajstić information content (AvgIpc) is 3.31. The van der Waals surface area contributed by atoms with Gasteiger partial charge < -0.3 is 20.1 Å². The van der Waals surface area contributed by atoms with Gasteiger partial charge >= 0.3 is 0 Å². The lowest BCUT2D eigenvalue weighted by molar-refractivity contribution is 0.287. The number of likely N-dealkylation sites (tertiary alicyclic amines) is 1. The third-order valence-corrected chi connectivity index (χ3v) is 5.10. The molecule has 1 atom stereocenters. The molecule has 1 saturated heterocycles. The molecule has 1 aliphatic rings. The summed E-state index contributed by atoms with van der Waals surface area (Å²) in [7, 11) is 0. The molecule has 1 aromatic heterocycles. The molecule has 1 unspecified atom stereocenters. The molecule has 1 aliphatic heterocycles. The molecule has 2 N–H and O–H groups in total. The van der Waals surface area contributed by atoms with Crippen LogP contribution in [0.5, 0.6) is 0 Å². The van der Waals surface area contributed by atoms with E-state index in [-0.39, 0.29) is 24.0 Å². The van der Waals surface area contributed by atoms with E-state index >= 15 is 0 Å². The van der Waals surface area contributed by atoms with Gasteiger partial charge in [0.25, 0.3) is 0 Å². The molecule has 0 amide bonds. The summed E-state index contributed by atoms with van der Waals surface area (Å²) < 4.78 is 5.47. The summed E-state index contributed by atoms with van der Waals surface area (Å²) in [6.07, 6.45) is 4.87. The Balaban J connectivity index is 0.00000364. The zero-order chi connectivity index (χ0) is 18.8. The summed E-state index contributed by atoms with van der Waals surface area (Å²) in [6.45, 7) is 14.7. The number of hydrogen-bond acceptors (Lipinski definition) is 4. The van der Waals surface area contributed by atoms with Crippen molar-refractivity contribution in [2.75, 3.05) is 32.7 Å². The molecule has 0 radical (unpaired) electrons. The molecule has 1 aromatic rings.